The molecule has 2 aromatic carbocycles. The SMILES string of the molecule is COc1ccc([C@H](C)N2CCC[C@@H](c3ccc([N+](=O)[O-])cc3)C2=O)cc1. The van der Waals surface area contributed by atoms with Crippen LogP contribution in [0.3, 0.4) is 0 Å². The van der Waals surface area contributed by atoms with Crippen LogP contribution < -0.4 is 4.74 Å². The van der Waals surface area contributed by atoms with E-state index in [9.17, 15) is 14.9 Å². The fourth-order valence-electron chi connectivity index (χ4n) is 3.48. The molecule has 26 heavy (non-hydrogen) atoms. The lowest BCUT2D eigenvalue weighted by atomic mass is 9.88. The number of non-ortho nitro benzene ring substituents is 1. The zero-order chi connectivity index (χ0) is 18.7. The van der Waals surface area contributed by atoms with Crippen molar-refractivity contribution in [1.82, 2.24) is 4.90 Å². The average Bonchev–Trinajstić information content (AvgIpc) is 2.68. The van der Waals surface area contributed by atoms with Crippen LogP contribution in [0.15, 0.2) is 48.5 Å². The number of carbonyl (C=O) groups is 1. The maximum atomic E-state index is 13.1. The first-order chi connectivity index (χ1) is 12.5. The van der Waals surface area contributed by atoms with Gasteiger partial charge in [0.2, 0.25) is 5.91 Å². The Morgan fingerprint density at radius 1 is 1.15 bits per heavy atom. The molecule has 0 aromatic heterocycles. The molecular formula is C20H22N2O4. The van der Waals surface area contributed by atoms with Gasteiger partial charge in [0, 0.05) is 18.7 Å². The first kappa shape index (κ1) is 17.9. The van der Waals surface area contributed by atoms with Gasteiger partial charge in [-0.15, -0.1) is 0 Å². The van der Waals surface area contributed by atoms with Gasteiger partial charge in [-0.1, -0.05) is 24.3 Å². The van der Waals surface area contributed by atoms with Crippen LogP contribution in [0.1, 0.15) is 42.9 Å². The summed E-state index contributed by atoms with van der Waals surface area (Å²) < 4.78 is 5.19. The molecule has 1 amide bonds. The summed E-state index contributed by atoms with van der Waals surface area (Å²) in [5, 5.41) is 10.8. The van der Waals surface area contributed by atoms with Gasteiger partial charge in [0.15, 0.2) is 0 Å². The second-order valence-electron chi connectivity index (χ2n) is 6.52. The van der Waals surface area contributed by atoms with Crippen molar-refractivity contribution in [2.75, 3.05) is 13.7 Å². The summed E-state index contributed by atoms with van der Waals surface area (Å²) in [6.07, 6.45) is 1.68. The van der Waals surface area contributed by atoms with Crippen LogP contribution >= 0.6 is 0 Å². The molecule has 2 aromatic rings. The number of likely N-dealkylation sites (tertiary alicyclic amines) is 1. The number of methoxy groups -OCH3 is 1. The Bertz CT molecular complexity index is 786. The van der Waals surface area contributed by atoms with Crippen molar-refractivity contribution >= 4 is 11.6 Å². The number of rotatable bonds is 5. The van der Waals surface area contributed by atoms with E-state index in [0.29, 0.717) is 0 Å². The van der Waals surface area contributed by atoms with Crippen LogP contribution in [0.25, 0.3) is 0 Å². The number of nitro groups is 1. The number of benzene rings is 2. The van der Waals surface area contributed by atoms with Crippen molar-refractivity contribution in [3.8, 4) is 5.75 Å². The van der Waals surface area contributed by atoms with Crippen molar-refractivity contribution in [2.45, 2.75) is 31.7 Å². The quantitative estimate of drug-likeness (QED) is 0.599. The third kappa shape index (κ3) is 3.54. The minimum Gasteiger partial charge on any atom is -0.497 e. The lowest BCUT2D eigenvalue weighted by Gasteiger charge is -2.37. The second kappa shape index (κ2) is 7.56. The number of nitrogens with zero attached hydrogens (tertiary/aromatic N) is 2. The highest BCUT2D eigenvalue weighted by molar-refractivity contribution is 5.85. The van der Waals surface area contributed by atoms with E-state index in [2.05, 4.69) is 0 Å². The molecule has 0 aliphatic carbocycles. The number of hydrogen-bond acceptors (Lipinski definition) is 4. The molecule has 1 aliphatic rings. The van der Waals surface area contributed by atoms with Crippen LogP contribution in [-0.2, 0) is 4.79 Å². The van der Waals surface area contributed by atoms with Gasteiger partial charge in [-0.3, -0.25) is 14.9 Å². The summed E-state index contributed by atoms with van der Waals surface area (Å²) in [7, 11) is 1.63. The molecule has 6 nitrogen and oxygen atoms in total. The Morgan fingerprint density at radius 2 is 1.81 bits per heavy atom. The predicted molar refractivity (Wildman–Crippen MR) is 98.2 cm³/mol. The summed E-state index contributed by atoms with van der Waals surface area (Å²) >= 11 is 0. The Morgan fingerprint density at radius 3 is 2.38 bits per heavy atom. The number of ether oxygens (including phenoxy) is 1. The summed E-state index contributed by atoms with van der Waals surface area (Å²) in [5.41, 5.74) is 1.94. The lowest BCUT2D eigenvalue weighted by molar-refractivity contribution is -0.384. The van der Waals surface area contributed by atoms with Gasteiger partial charge in [-0.2, -0.15) is 0 Å². The third-order valence-corrected chi connectivity index (χ3v) is 5.04. The molecule has 136 valence electrons. The van der Waals surface area contributed by atoms with E-state index in [1.807, 2.05) is 36.1 Å². The van der Waals surface area contributed by atoms with Crippen LogP contribution in [0.4, 0.5) is 5.69 Å². The molecule has 1 saturated heterocycles. The van der Waals surface area contributed by atoms with E-state index >= 15 is 0 Å². The lowest BCUT2D eigenvalue weighted by Crippen LogP contribution is -2.41. The van der Waals surface area contributed by atoms with Crippen molar-refractivity contribution in [3.05, 3.63) is 69.8 Å². The van der Waals surface area contributed by atoms with Crippen molar-refractivity contribution in [1.29, 1.82) is 0 Å². The van der Waals surface area contributed by atoms with Crippen LogP contribution in [0, 0.1) is 10.1 Å². The van der Waals surface area contributed by atoms with Gasteiger partial charge < -0.3 is 9.64 Å². The molecule has 1 heterocycles. The Labute approximate surface area is 152 Å². The van der Waals surface area contributed by atoms with Crippen molar-refractivity contribution in [3.63, 3.8) is 0 Å². The standard InChI is InChI=1S/C20H22N2O4/c1-14(15-7-11-18(26-2)12-8-15)21-13-3-4-19(20(21)23)16-5-9-17(10-6-16)22(24)25/h5-12,14,19H,3-4,13H2,1-2H3/t14-,19-/m0/s1. The topological polar surface area (TPSA) is 72.7 Å². The zero-order valence-electron chi connectivity index (χ0n) is 14.9. The highest BCUT2D eigenvalue weighted by atomic mass is 16.6. The average molecular weight is 354 g/mol. The van der Waals surface area contributed by atoms with Gasteiger partial charge in [0.25, 0.3) is 5.69 Å². The van der Waals surface area contributed by atoms with Crippen LogP contribution in [0.5, 0.6) is 5.75 Å². The molecule has 0 unspecified atom stereocenters. The van der Waals surface area contributed by atoms with E-state index in [1.165, 1.54) is 12.1 Å². The minimum atomic E-state index is -0.426. The second-order valence-corrected chi connectivity index (χ2v) is 6.52. The van der Waals surface area contributed by atoms with Gasteiger partial charge in [0.1, 0.15) is 5.75 Å². The van der Waals surface area contributed by atoms with E-state index in [0.717, 1.165) is 36.3 Å². The zero-order valence-corrected chi connectivity index (χ0v) is 14.9. The molecule has 6 heteroatoms. The molecule has 0 saturated carbocycles. The number of amides is 1. The normalized spacial score (nSPS) is 18.5. The smallest absolute Gasteiger partial charge is 0.269 e. The number of carbonyl (C=O) groups excluding carboxylic acids is 1. The fraction of sp³-hybridized carbons (Fsp3) is 0.350. The van der Waals surface area contributed by atoms with Gasteiger partial charge >= 0.3 is 0 Å². The van der Waals surface area contributed by atoms with E-state index in [4.69, 9.17) is 4.74 Å². The Balaban J connectivity index is 1.78. The van der Waals surface area contributed by atoms with E-state index in [-0.39, 0.29) is 23.6 Å². The molecule has 0 bridgehead atoms. The van der Waals surface area contributed by atoms with E-state index < -0.39 is 4.92 Å². The first-order valence-corrected chi connectivity index (χ1v) is 8.70. The molecule has 0 spiro atoms. The molecular weight excluding hydrogens is 332 g/mol. The highest BCUT2D eigenvalue weighted by Crippen LogP contribution is 2.34. The molecule has 0 radical (unpaired) electrons. The first-order valence-electron chi connectivity index (χ1n) is 8.70. The minimum absolute atomic E-state index is 0.0331. The molecule has 0 N–H and O–H groups in total. The van der Waals surface area contributed by atoms with E-state index in [1.54, 1.807) is 19.2 Å². The van der Waals surface area contributed by atoms with Crippen molar-refractivity contribution in [2.24, 2.45) is 0 Å². The van der Waals surface area contributed by atoms with Gasteiger partial charge in [0.05, 0.1) is 24.0 Å². The Kier molecular flexibility index (Phi) is 5.21. The third-order valence-electron chi connectivity index (χ3n) is 5.04. The largest absolute Gasteiger partial charge is 0.497 e. The summed E-state index contributed by atoms with van der Waals surface area (Å²) in [4.78, 5) is 25.3. The molecule has 1 fully saturated rings. The van der Waals surface area contributed by atoms with Gasteiger partial charge in [-0.05, 0) is 43.0 Å². The predicted octanol–water partition coefficient (Wildman–Crippen LogP) is 4.07. The number of nitro benzene ring substituents is 1. The molecule has 2 atom stereocenters. The maximum absolute atomic E-state index is 13.1. The van der Waals surface area contributed by atoms with Gasteiger partial charge in [-0.25, -0.2) is 0 Å². The Hall–Kier alpha value is -2.89. The highest BCUT2D eigenvalue weighted by Gasteiger charge is 2.33. The summed E-state index contributed by atoms with van der Waals surface area (Å²) in [6.45, 7) is 2.74. The monoisotopic (exact) mass is 354 g/mol. The fourth-order valence-corrected chi connectivity index (χ4v) is 3.48. The van der Waals surface area contributed by atoms with Crippen LogP contribution in [0.2, 0.25) is 0 Å². The summed E-state index contributed by atoms with van der Waals surface area (Å²) in [6, 6.07) is 14.0. The maximum Gasteiger partial charge on any atom is 0.269 e. The number of piperidine rings is 1. The van der Waals surface area contributed by atoms with Crippen molar-refractivity contribution < 1.29 is 14.5 Å². The summed E-state index contributed by atoms with van der Waals surface area (Å²) in [5.74, 6) is 0.619. The van der Waals surface area contributed by atoms with Crippen LogP contribution in [-0.4, -0.2) is 29.4 Å². The molecule has 1 aliphatic heterocycles. The molecule has 3 rings (SSSR count). The number of hydrogen-bond donors (Lipinski definition) is 0.